The molecule has 0 spiro atoms. The number of Topliss-reactive ketones (excluding diaryl/α,β-unsaturated/α-hetero) is 1. The lowest BCUT2D eigenvalue weighted by Gasteiger charge is -2.07. The number of hydrogen-bond acceptors (Lipinski definition) is 3. The molecule has 0 aliphatic carbocycles. The van der Waals surface area contributed by atoms with Crippen molar-refractivity contribution in [3.63, 3.8) is 0 Å². The predicted octanol–water partition coefficient (Wildman–Crippen LogP) is 2.63. The lowest BCUT2D eigenvalue weighted by molar-refractivity contribution is 0.0962. The van der Waals surface area contributed by atoms with Crippen molar-refractivity contribution in [2.75, 3.05) is 0 Å². The van der Waals surface area contributed by atoms with Gasteiger partial charge in [0.1, 0.15) is 6.04 Å². The van der Waals surface area contributed by atoms with E-state index in [1.165, 1.54) is 11.3 Å². The zero-order valence-electron chi connectivity index (χ0n) is 8.09. The number of ketones is 1. The molecular weight excluding hydrogens is 206 g/mol. The summed E-state index contributed by atoms with van der Waals surface area (Å²) in [6.07, 6.45) is 0. The molecule has 0 aliphatic rings. The average Bonchev–Trinajstić information content (AvgIpc) is 2.82. The van der Waals surface area contributed by atoms with Gasteiger partial charge < -0.3 is 5.73 Å². The van der Waals surface area contributed by atoms with E-state index in [4.69, 9.17) is 5.73 Å². The predicted molar refractivity (Wildman–Crippen MR) is 62.0 cm³/mol. The highest BCUT2D eigenvalue weighted by molar-refractivity contribution is 7.10. The zero-order chi connectivity index (χ0) is 10.7. The van der Waals surface area contributed by atoms with Crippen molar-refractivity contribution in [1.82, 2.24) is 0 Å². The molecule has 0 saturated heterocycles. The molecule has 1 heterocycles. The van der Waals surface area contributed by atoms with E-state index in [0.29, 0.717) is 5.56 Å². The van der Waals surface area contributed by atoms with Crippen LogP contribution in [0.3, 0.4) is 0 Å². The highest BCUT2D eigenvalue weighted by Gasteiger charge is 2.17. The molecule has 2 N–H and O–H groups in total. The molecule has 2 aromatic rings. The van der Waals surface area contributed by atoms with Crippen molar-refractivity contribution >= 4 is 17.1 Å². The van der Waals surface area contributed by atoms with E-state index in [0.717, 1.165) is 4.88 Å². The van der Waals surface area contributed by atoms with Crippen LogP contribution in [0.15, 0.2) is 47.8 Å². The number of nitrogens with two attached hydrogens (primary N) is 1. The fourth-order valence-corrected chi connectivity index (χ4v) is 2.10. The highest BCUT2D eigenvalue weighted by Crippen LogP contribution is 2.20. The van der Waals surface area contributed by atoms with Crippen LogP contribution in [0.2, 0.25) is 0 Å². The summed E-state index contributed by atoms with van der Waals surface area (Å²) in [6, 6.07) is 12.4. The fourth-order valence-electron chi connectivity index (χ4n) is 1.38. The molecule has 1 aromatic heterocycles. The van der Waals surface area contributed by atoms with Crippen LogP contribution >= 0.6 is 11.3 Å². The first-order valence-electron chi connectivity index (χ1n) is 4.67. The van der Waals surface area contributed by atoms with Gasteiger partial charge >= 0.3 is 0 Å². The minimum absolute atomic E-state index is 0.0296. The van der Waals surface area contributed by atoms with Crippen molar-refractivity contribution in [3.8, 4) is 0 Å². The quantitative estimate of drug-likeness (QED) is 0.803. The first-order chi connectivity index (χ1) is 7.29. The van der Waals surface area contributed by atoms with Gasteiger partial charge in [0.25, 0.3) is 0 Å². The smallest absolute Gasteiger partial charge is 0.184 e. The van der Waals surface area contributed by atoms with E-state index in [2.05, 4.69) is 0 Å². The number of carbonyl (C=O) groups is 1. The van der Waals surface area contributed by atoms with Gasteiger partial charge in [0, 0.05) is 10.4 Å². The Morgan fingerprint density at radius 1 is 1.13 bits per heavy atom. The summed E-state index contributed by atoms with van der Waals surface area (Å²) in [4.78, 5) is 12.8. The van der Waals surface area contributed by atoms with E-state index in [9.17, 15) is 4.79 Å². The molecule has 2 nitrogen and oxygen atoms in total. The van der Waals surface area contributed by atoms with Crippen molar-refractivity contribution in [2.45, 2.75) is 6.04 Å². The third kappa shape index (κ3) is 2.14. The molecule has 0 aliphatic heterocycles. The summed E-state index contributed by atoms with van der Waals surface area (Å²) in [7, 11) is 0. The maximum atomic E-state index is 11.9. The first kappa shape index (κ1) is 10.1. The van der Waals surface area contributed by atoms with Crippen LogP contribution in [0.5, 0.6) is 0 Å². The van der Waals surface area contributed by atoms with E-state index >= 15 is 0 Å². The number of carbonyl (C=O) groups excluding carboxylic acids is 1. The van der Waals surface area contributed by atoms with Gasteiger partial charge in [0.2, 0.25) is 0 Å². The molecule has 0 bridgehead atoms. The van der Waals surface area contributed by atoms with Gasteiger partial charge in [-0.1, -0.05) is 36.4 Å². The van der Waals surface area contributed by atoms with Gasteiger partial charge in [0.05, 0.1) is 0 Å². The summed E-state index contributed by atoms with van der Waals surface area (Å²) >= 11 is 1.51. The molecule has 0 amide bonds. The Morgan fingerprint density at radius 2 is 1.87 bits per heavy atom. The number of rotatable bonds is 3. The highest BCUT2D eigenvalue weighted by atomic mass is 32.1. The molecule has 3 heteroatoms. The Bertz CT molecular complexity index is 436. The van der Waals surface area contributed by atoms with Gasteiger partial charge in [-0.3, -0.25) is 4.79 Å². The van der Waals surface area contributed by atoms with E-state index < -0.39 is 6.04 Å². The lowest BCUT2D eigenvalue weighted by atomic mass is 10.0. The average molecular weight is 217 g/mol. The van der Waals surface area contributed by atoms with Crippen molar-refractivity contribution in [2.24, 2.45) is 5.73 Å². The van der Waals surface area contributed by atoms with E-state index in [1.807, 2.05) is 35.7 Å². The summed E-state index contributed by atoms with van der Waals surface area (Å²) < 4.78 is 0. The second-order valence-electron chi connectivity index (χ2n) is 3.22. The topological polar surface area (TPSA) is 43.1 Å². The van der Waals surface area contributed by atoms with E-state index in [1.54, 1.807) is 12.1 Å². The summed E-state index contributed by atoms with van der Waals surface area (Å²) in [6.45, 7) is 0. The molecular formula is C12H11NOS. The second kappa shape index (κ2) is 4.38. The lowest BCUT2D eigenvalue weighted by Crippen LogP contribution is -2.20. The Hall–Kier alpha value is -1.45. The summed E-state index contributed by atoms with van der Waals surface area (Å²) in [5.41, 5.74) is 6.54. The van der Waals surface area contributed by atoms with Crippen LogP contribution in [0, 0.1) is 0 Å². The van der Waals surface area contributed by atoms with Crippen LogP contribution < -0.4 is 5.73 Å². The van der Waals surface area contributed by atoms with Gasteiger partial charge in [-0.25, -0.2) is 0 Å². The maximum absolute atomic E-state index is 11.9. The third-order valence-electron chi connectivity index (χ3n) is 2.19. The summed E-state index contributed by atoms with van der Waals surface area (Å²) in [5.74, 6) is -0.0296. The van der Waals surface area contributed by atoms with Crippen LogP contribution in [0.4, 0.5) is 0 Å². The normalized spacial score (nSPS) is 12.3. The molecule has 15 heavy (non-hydrogen) atoms. The second-order valence-corrected chi connectivity index (χ2v) is 4.20. The monoisotopic (exact) mass is 217 g/mol. The molecule has 76 valence electrons. The number of benzene rings is 1. The number of hydrogen-bond donors (Lipinski definition) is 1. The van der Waals surface area contributed by atoms with Crippen molar-refractivity contribution in [1.29, 1.82) is 0 Å². The maximum Gasteiger partial charge on any atom is 0.184 e. The Morgan fingerprint density at radius 3 is 2.47 bits per heavy atom. The van der Waals surface area contributed by atoms with Crippen LogP contribution in [-0.2, 0) is 0 Å². The van der Waals surface area contributed by atoms with Crippen LogP contribution in [0.1, 0.15) is 21.3 Å². The van der Waals surface area contributed by atoms with Crippen LogP contribution in [0.25, 0.3) is 0 Å². The minimum Gasteiger partial charge on any atom is -0.317 e. The molecule has 1 aromatic carbocycles. The van der Waals surface area contributed by atoms with Gasteiger partial charge in [-0.15, -0.1) is 11.3 Å². The molecule has 0 saturated carbocycles. The zero-order valence-corrected chi connectivity index (χ0v) is 8.91. The fraction of sp³-hybridized carbons (Fsp3) is 0.0833. The minimum atomic E-state index is -0.535. The van der Waals surface area contributed by atoms with Gasteiger partial charge in [0.15, 0.2) is 5.78 Å². The Labute approximate surface area is 92.4 Å². The standard InChI is InChI=1S/C12H11NOS/c13-11(10-7-4-8-15-10)12(14)9-5-2-1-3-6-9/h1-8,11H,13H2. The molecule has 1 atom stereocenters. The number of thiophene rings is 1. The Balaban J connectivity index is 2.23. The largest absolute Gasteiger partial charge is 0.317 e. The Kier molecular flexibility index (Phi) is 2.94. The van der Waals surface area contributed by atoms with Crippen LogP contribution in [-0.4, -0.2) is 5.78 Å². The van der Waals surface area contributed by atoms with E-state index in [-0.39, 0.29) is 5.78 Å². The van der Waals surface area contributed by atoms with Gasteiger partial charge in [-0.05, 0) is 11.4 Å². The van der Waals surface area contributed by atoms with Crippen molar-refractivity contribution < 1.29 is 4.79 Å². The van der Waals surface area contributed by atoms with Crippen molar-refractivity contribution in [3.05, 3.63) is 58.3 Å². The molecule has 0 radical (unpaired) electrons. The first-order valence-corrected chi connectivity index (χ1v) is 5.55. The molecule has 1 unspecified atom stereocenters. The third-order valence-corrected chi connectivity index (χ3v) is 3.15. The summed E-state index contributed by atoms with van der Waals surface area (Å²) in [5, 5.41) is 1.92. The SMILES string of the molecule is NC(C(=O)c1ccccc1)c1cccs1. The van der Waals surface area contributed by atoms with Gasteiger partial charge in [-0.2, -0.15) is 0 Å². The molecule has 2 rings (SSSR count). The molecule has 0 fully saturated rings.